The number of nitrogens with two attached hydrogens (primary N) is 1. The molecule has 0 saturated heterocycles. The molecule has 2 aromatic carbocycles. The van der Waals surface area contributed by atoms with Gasteiger partial charge in [0.25, 0.3) is 0 Å². The van der Waals surface area contributed by atoms with Crippen LogP contribution in [0.2, 0.25) is 0 Å². The normalized spacial score (nSPS) is 17.2. The molecular formula is C44H66N6O9. The maximum atomic E-state index is 14.3. The molecule has 3 rings (SSSR count). The number of benzene rings is 2. The van der Waals surface area contributed by atoms with Crippen molar-refractivity contribution in [1.29, 1.82) is 0 Å². The van der Waals surface area contributed by atoms with Crippen molar-refractivity contribution in [2.75, 3.05) is 20.1 Å². The summed E-state index contributed by atoms with van der Waals surface area (Å²) < 4.78 is 0. The zero-order valence-electron chi connectivity index (χ0n) is 35.0. The predicted molar refractivity (Wildman–Crippen MR) is 225 cm³/mol. The minimum Gasteiger partial charge on any atom is -0.507 e. The molecule has 1 aliphatic heterocycles. The highest BCUT2D eigenvalue weighted by Gasteiger charge is 2.35. The van der Waals surface area contributed by atoms with Crippen molar-refractivity contribution in [3.63, 3.8) is 0 Å². The molecule has 326 valence electrons. The molecule has 15 heteroatoms. The number of likely N-dealkylation sites (N-methyl/N-ethyl adjacent to an activating group) is 1. The minimum absolute atomic E-state index is 0.0772. The molecule has 1 aliphatic rings. The maximum absolute atomic E-state index is 14.3. The van der Waals surface area contributed by atoms with E-state index in [9.17, 15) is 44.1 Å². The van der Waals surface area contributed by atoms with Crippen LogP contribution >= 0.6 is 0 Å². The van der Waals surface area contributed by atoms with Crippen LogP contribution in [0.15, 0.2) is 36.4 Å². The third kappa shape index (κ3) is 15.8. The number of aliphatic carboxylic acids is 1. The van der Waals surface area contributed by atoms with Gasteiger partial charge in [0.2, 0.25) is 29.5 Å². The van der Waals surface area contributed by atoms with Gasteiger partial charge in [-0.2, -0.15) is 0 Å². The summed E-state index contributed by atoms with van der Waals surface area (Å²) in [5, 5.41) is 42.2. The van der Waals surface area contributed by atoms with Crippen molar-refractivity contribution in [3.05, 3.63) is 47.5 Å². The van der Waals surface area contributed by atoms with Gasteiger partial charge in [0.15, 0.2) is 0 Å². The number of carbonyl (C=O) groups is 6. The van der Waals surface area contributed by atoms with E-state index in [1.807, 2.05) is 0 Å². The maximum Gasteiger partial charge on any atom is 0.326 e. The smallest absolute Gasteiger partial charge is 0.326 e. The highest BCUT2D eigenvalue weighted by molar-refractivity contribution is 5.96. The van der Waals surface area contributed by atoms with Crippen LogP contribution in [-0.4, -0.2) is 94.0 Å². The molecule has 0 fully saturated rings. The van der Waals surface area contributed by atoms with E-state index in [4.69, 9.17) is 5.73 Å². The molecule has 0 spiro atoms. The Morgan fingerprint density at radius 1 is 0.797 bits per heavy atom. The van der Waals surface area contributed by atoms with Crippen molar-refractivity contribution < 1.29 is 44.1 Å². The summed E-state index contributed by atoms with van der Waals surface area (Å²) in [6.07, 6.45) is 14.3. The number of amides is 5. The third-order valence-corrected chi connectivity index (χ3v) is 10.7. The fourth-order valence-electron chi connectivity index (χ4n) is 7.25. The van der Waals surface area contributed by atoms with E-state index < -0.39 is 53.8 Å². The van der Waals surface area contributed by atoms with Gasteiger partial charge < -0.3 is 47.2 Å². The van der Waals surface area contributed by atoms with Crippen LogP contribution in [-0.2, 0) is 35.2 Å². The monoisotopic (exact) mass is 822 g/mol. The molecule has 2 aromatic rings. The van der Waals surface area contributed by atoms with Crippen LogP contribution < -0.4 is 27.0 Å². The zero-order valence-corrected chi connectivity index (χ0v) is 35.0. The number of carboxylic acids is 1. The second kappa shape index (κ2) is 25.3. The van der Waals surface area contributed by atoms with Crippen molar-refractivity contribution >= 4 is 35.5 Å². The fourth-order valence-corrected chi connectivity index (χ4v) is 7.25. The molecular weight excluding hydrogens is 757 g/mol. The van der Waals surface area contributed by atoms with Gasteiger partial charge in [0.05, 0.1) is 0 Å². The van der Waals surface area contributed by atoms with E-state index in [1.54, 1.807) is 0 Å². The number of hydrogen-bond donors (Lipinski definition) is 8. The van der Waals surface area contributed by atoms with Crippen LogP contribution in [0.25, 0.3) is 11.1 Å². The first-order valence-corrected chi connectivity index (χ1v) is 21.3. The molecule has 15 nitrogen and oxygen atoms in total. The number of hydrogen-bond acceptors (Lipinski definition) is 9. The topological polar surface area (TPSA) is 240 Å². The van der Waals surface area contributed by atoms with Gasteiger partial charge >= 0.3 is 5.97 Å². The molecule has 0 aromatic heterocycles. The summed E-state index contributed by atoms with van der Waals surface area (Å²) in [6.45, 7) is 4.04. The summed E-state index contributed by atoms with van der Waals surface area (Å²) in [7, 11) is 1.38. The number of aromatic hydroxyl groups is 2. The first-order chi connectivity index (χ1) is 28.3. The number of nitrogens with one attached hydrogen (secondary N) is 4. The third-order valence-electron chi connectivity index (χ3n) is 10.7. The highest BCUT2D eigenvalue weighted by atomic mass is 16.4. The Bertz CT molecular complexity index is 1720. The van der Waals surface area contributed by atoms with Gasteiger partial charge in [-0.1, -0.05) is 83.3 Å². The van der Waals surface area contributed by atoms with Crippen LogP contribution in [0.4, 0.5) is 0 Å². The number of phenolic OH excluding ortho intramolecular Hbond substituents is 2. The molecule has 1 heterocycles. The standard InChI is InChI=1S/C44H66N6O9/c1-4-5-6-7-8-9-10-11-12-13-14-18-38(53)46-25-23-39(54)48-34(17-15-16-24-45)43(57)50(3)40-31-20-22-37(52)33(28-31)32-26-30(19-21-36(32)51)27-35(44(58)59)49-41(55)29(2)47-42(40)56/h19-22,26,28-29,34-35,40,51-52H,4-18,23-25,27,45H2,1-3H3,(H,46,53)(H,47,56)(H,48,54)(H,49,55)(H,58,59). The van der Waals surface area contributed by atoms with E-state index in [1.165, 1.54) is 102 Å². The average Bonchev–Trinajstić information content (AvgIpc) is 3.20. The Hall–Kier alpha value is -5.18. The minimum atomic E-state index is -1.41. The number of nitrogens with zero attached hydrogens (tertiary/aromatic N) is 1. The molecule has 4 bridgehead atoms. The lowest BCUT2D eigenvalue weighted by molar-refractivity contribution is -0.144. The Labute approximate surface area is 348 Å². The van der Waals surface area contributed by atoms with Crippen LogP contribution in [0, 0.1) is 0 Å². The quantitative estimate of drug-likeness (QED) is 0.0718. The second-order valence-corrected chi connectivity index (χ2v) is 15.6. The Morgan fingerprint density at radius 3 is 2.03 bits per heavy atom. The molecule has 59 heavy (non-hydrogen) atoms. The lowest BCUT2D eigenvalue weighted by atomic mass is 9.93. The number of fused-ring (bicyclic) bond motifs is 5. The second-order valence-electron chi connectivity index (χ2n) is 15.6. The molecule has 0 saturated carbocycles. The molecule has 4 unspecified atom stereocenters. The van der Waals surface area contributed by atoms with E-state index in [2.05, 4.69) is 28.2 Å². The highest BCUT2D eigenvalue weighted by Crippen LogP contribution is 2.39. The average molecular weight is 823 g/mol. The molecule has 4 atom stereocenters. The lowest BCUT2D eigenvalue weighted by Crippen LogP contribution is -2.54. The number of unbranched alkanes of at least 4 members (excludes halogenated alkanes) is 11. The largest absolute Gasteiger partial charge is 0.507 e. The van der Waals surface area contributed by atoms with E-state index in [0.717, 1.165) is 24.2 Å². The van der Waals surface area contributed by atoms with Crippen molar-refractivity contribution in [2.24, 2.45) is 5.73 Å². The first kappa shape index (κ1) is 48.2. The summed E-state index contributed by atoms with van der Waals surface area (Å²) in [4.78, 5) is 80.5. The van der Waals surface area contributed by atoms with Gasteiger partial charge in [0.1, 0.15) is 35.7 Å². The SMILES string of the molecule is CCCCCCCCCCCCCC(=O)NCCC(=O)NC(CCCCN)C(=O)N(C)C1C(=O)NC(C)C(=O)NC(C(=O)O)Cc2ccc(O)c(c2)-c2cc1ccc2O. The van der Waals surface area contributed by atoms with E-state index in [-0.39, 0.29) is 59.9 Å². The number of carboxylic acid groups (broad SMARTS) is 1. The van der Waals surface area contributed by atoms with Gasteiger partial charge in [-0.15, -0.1) is 0 Å². The van der Waals surface area contributed by atoms with Crippen molar-refractivity contribution in [1.82, 2.24) is 26.2 Å². The van der Waals surface area contributed by atoms with Crippen LogP contribution in [0.1, 0.15) is 134 Å². The number of carbonyl (C=O) groups excluding carboxylic acids is 5. The van der Waals surface area contributed by atoms with Crippen molar-refractivity contribution in [2.45, 2.75) is 147 Å². The molecule has 5 amide bonds. The Balaban J connectivity index is 1.72. The summed E-state index contributed by atoms with van der Waals surface area (Å²) >= 11 is 0. The summed E-state index contributed by atoms with van der Waals surface area (Å²) in [5.74, 6) is -4.63. The van der Waals surface area contributed by atoms with Gasteiger partial charge in [0, 0.05) is 44.0 Å². The van der Waals surface area contributed by atoms with Crippen LogP contribution in [0.3, 0.4) is 0 Å². The Kier molecular flexibility index (Phi) is 20.7. The van der Waals surface area contributed by atoms with Gasteiger partial charge in [-0.05, 0) is 74.5 Å². The zero-order chi connectivity index (χ0) is 43.3. The Morgan fingerprint density at radius 2 is 1.41 bits per heavy atom. The van der Waals surface area contributed by atoms with Gasteiger partial charge in [-0.3, -0.25) is 24.0 Å². The summed E-state index contributed by atoms with van der Waals surface area (Å²) in [5.41, 5.74) is 6.63. The number of rotatable bonds is 23. The van der Waals surface area contributed by atoms with Gasteiger partial charge in [-0.25, -0.2) is 4.79 Å². The number of phenols is 2. The van der Waals surface area contributed by atoms with Crippen molar-refractivity contribution in [3.8, 4) is 22.6 Å². The molecule has 9 N–H and O–H groups in total. The predicted octanol–water partition coefficient (Wildman–Crippen LogP) is 4.72. The summed E-state index contributed by atoms with van der Waals surface area (Å²) in [6, 6.07) is 3.40. The fraction of sp³-hybridized carbons (Fsp3) is 0.591. The lowest BCUT2D eigenvalue weighted by Gasteiger charge is -2.32. The van der Waals surface area contributed by atoms with Crippen LogP contribution in [0.5, 0.6) is 11.5 Å². The van der Waals surface area contributed by atoms with E-state index >= 15 is 0 Å². The first-order valence-electron chi connectivity index (χ1n) is 21.3. The molecule has 0 radical (unpaired) electrons. The molecule has 0 aliphatic carbocycles. The van der Waals surface area contributed by atoms with E-state index in [0.29, 0.717) is 31.4 Å².